The van der Waals surface area contributed by atoms with Crippen molar-refractivity contribution in [2.75, 3.05) is 26.5 Å². The largest absolute Gasteiger partial charge is 0.493 e. The number of ketones is 1. The monoisotopic (exact) mass is 638 g/mol. The number of carboxylic acid groups (broad SMARTS) is 1. The number of Topliss-reactive ketones (excluding diaryl/α,β-unsaturated/α-hetero) is 1. The SMILES string of the molecule is CCC(C)(C)C(=O)C(=O)N1CCCCC1C(=O)OC(CCc1ccc(OC)c(OC)c1)c1cccc(N)c1.O=C(O)C(F)(F)F. The molecule has 10 nitrogen and oxygen atoms in total. The van der Waals surface area contributed by atoms with Crippen LogP contribution in [-0.4, -0.2) is 66.6 Å². The summed E-state index contributed by atoms with van der Waals surface area (Å²) in [6, 6.07) is 12.2. The van der Waals surface area contributed by atoms with Crippen molar-refractivity contribution >= 4 is 29.3 Å². The Bertz CT molecular complexity index is 1350. The minimum Gasteiger partial charge on any atom is -0.493 e. The number of carbonyl (C=O) groups is 4. The molecule has 0 spiro atoms. The maximum atomic E-state index is 13.5. The number of likely N-dealkylation sites (tertiary alicyclic amines) is 1. The molecule has 1 fully saturated rings. The second kappa shape index (κ2) is 16.1. The molecule has 2 aromatic rings. The first kappa shape index (κ1) is 36.9. The number of amides is 1. The zero-order valence-electron chi connectivity index (χ0n) is 26.1. The molecule has 0 aromatic heterocycles. The van der Waals surface area contributed by atoms with E-state index in [0.29, 0.717) is 49.4 Å². The molecule has 3 N–H and O–H groups in total. The zero-order valence-corrected chi connectivity index (χ0v) is 26.1. The van der Waals surface area contributed by atoms with Gasteiger partial charge in [0.15, 0.2) is 11.5 Å². The van der Waals surface area contributed by atoms with Gasteiger partial charge in [-0.25, -0.2) is 9.59 Å². The molecule has 1 aliphatic heterocycles. The Morgan fingerprint density at radius 1 is 1.02 bits per heavy atom. The van der Waals surface area contributed by atoms with E-state index < -0.39 is 47.4 Å². The lowest BCUT2D eigenvalue weighted by Crippen LogP contribution is -2.53. The van der Waals surface area contributed by atoms with Crippen LogP contribution in [0.3, 0.4) is 0 Å². The van der Waals surface area contributed by atoms with E-state index >= 15 is 0 Å². The number of nitrogen functional groups attached to an aromatic ring is 1. The van der Waals surface area contributed by atoms with Crippen molar-refractivity contribution in [2.45, 2.75) is 77.6 Å². The first-order chi connectivity index (χ1) is 21.0. The summed E-state index contributed by atoms with van der Waals surface area (Å²) in [5.74, 6) is -3.08. The van der Waals surface area contributed by atoms with E-state index in [4.69, 9.17) is 29.8 Å². The van der Waals surface area contributed by atoms with E-state index in [1.54, 1.807) is 40.2 Å². The van der Waals surface area contributed by atoms with Crippen LogP contribution in [0.25, 0.3) is 0 Å². The van der Waals surface area contributed by atoms with Gasteiger partial charge in [0.2, 0.25) is 5.78 Å². The van der Waals surface area contributed by atoms with Gasteiger partial charge in [0.25, 0.3) is 5.91 Å². The number of rotatable bonds is 11. The minimum absolute atomic E-state index is 0.360. The second-order valence-corrected chi connectivity index (χ2v) is 11.2. The van der Waals surface area contributed by atoms with Gasteiger partial charge in [-0.2, -0.15) is 13.2 Å². The second-order valence-electron chi connectivity index (χ2n) is 11.2. The molecule has 0 radical (unpaired) electrons. The smallest absolute Gasteiger partial charge is 0.490 e. The Balaban J connectivity index is 0.000000900. The van der Waals surface area contributed by atoms with E-state index in [0.717, 1.165) is 24.0 Å². The summed E-state index contributed by atoms with van der Waals surface area (Å²) < 4.78 is 48.6. The fourth-order valence-electron chi connectivity index (χ4n) is 4.61. The molecule has 0 saturated carbocycles. The number of piperidine rings is 1. The van der Waals surface area contributed by atoms with Crippen LogP contribution in [0.15, 0.2) is 42.5 Å². The fourth-order valence-corrected chi connectivity index (χ4v) is 4.61. The molecule has 0 bridgehead atoms. The van der Waals surface area contributed by atoms with E-state index in [1.807, 2.05) is 37.3 Å². The number of nitrogens with zero attached hydrogens (tertiary/aromatic N) is 1. The number of aliphatic carboxylic acids is 1. The summed E-state index contributed by atoms with van der Waals surface area (Å²) in [5.41, 5.74) is 7.58. The number of halogens is 3. The third kappa shape index (κ3) is 10.4. The number of nitrogens with two attached hydrogens (primary N) is 1. The van der Waals surface area contributed by atoms with Crippen LogP contribution in [0.5, 0.6) is 11.5 Å². The van der Waals surface area contributed by atoms with Crippen molar-refractivity contribution in [1.29, 1.82) is 0 Å². The molecule has 1 heterocycles. The van der Waals surface area contributed by atoms with Crippen molar-refractivity contribution < 1.29 is 51.7 Å². The van der Waals surface area contributed by atoms with Crippen molar-refractivity contribution in [3.05, 3.63) is 53.6 Å². The van der Waals surface area contributed by atoms with Crippen molar-refractivity contribution in [3.8, 4) is 11.5 Å². The van der Waals surface area contributed by atoms with Gasteiger partial charge in [0.1, 0.15) is 12.1 Å². The van der Waals surface area contributed by atoms with Gasteiger partial charge in [-0.15, -0.1) is 0 Å². The Kier molecular flexibility index (Phi) is 13.2. The van der Waals surface area contributed by atoms with Crippen LogP contribution >= 0.6 is 0 Å². The van der Waals surface area contributed by atoms with Crippen molar-refractivity contribution in [3.63, 3.8) is 0 Å². The molecular weight excluding hydrogens is 597 g/mol. The lowest BCUT2D eigenvalue weighted by molar-refractivity contribution is -0.192. The molecule has 13 heteroatoms. The van der Waals surface area contributed by atoms with Gasteiger partial charge in [-0.1, -0.05) is 39.0 Å². The number of esters is 1. The van der Waals surface area contributed by atoms with Crippen LogP contribution in [0.4, 0.5) is 18.9 Å². The molecule has 2 atom stereocenters. The number of benzene rings is 2. The fraction of sp³-hybridized carbons (Fsp3) is 0.500. The molecule has 2 unspecified atom stereocenters. The highest BCUT2D eigenvalue weighted by Gasteiger charge is 2.41. The molecule has 0 aliphatic carbocycles. The maximum absolute atomic E-state index is 13.5. The summed E-state index contributed by atoms with van der Waals surface area (Å²) >= 11 is 0. The minimum atomic E-state index is -5.08. The highest BCUT2D eigenvalue weighted by Crippen LogP contribution is 2.32. The number of hydrogen-bond acceptors (Lipinski definition) is 8. The maximum Gasteiger partial charge on any atom is 0.490 e. The number of hydrogen-bond donors (Lipinski definition) is 2. The summed E-state index contributed by atoms with van der Waals surface area (Å²) in [5, 5.41) is 7.12. The lowest BCUT2D eigenvalue weighted by Gasteiger charge is -2.36. The van der Waals surface area contributed by atoms with E-state index in [-0.39, 0.29) is 0 Å². The van der Waals surface area contributed by atoms with Crippen molar-refractivity contribution in [1.82, 2.24) is 4.90 Å². The molecule has 45 heavy (non-hydrogen) atoms. The summed E-state index contributed by atoms with van der Waals surface area (Å²) in [6.07, 6.45) is -2.05. The van der Waals surface area contributed by atoms with Crippen molar-refractivity contribution in [2.24, 2.45) is 5.41 Å². The average Bonchev–Trinajstić information content (AvgIpc) is 3.01. The lowest BCUT2D eigenvalue weighted by atomic mass is 9.84. The number of alkyl halides is 3. The topological polar surface area (TPSA) is 145 Å². The summed E-state index contributed by atoms with van der Waals surface area (Å²) in [6.45, 7) is 5.75. The van der Waals surface area contributed by atoms with Gasteiger partial charge in [0, 0.05) is 17.6 Å². The highest BCUT2D eigenvalue weighted by molar-refractivity contribution is 6.38. The van der Waals surface area contributed by atoms with E-state index in [1.165, 1.54) is 4.90 Å². The predicted molar refractivity (Wildman–Crippen MR) is 160 cm³/mol. The number of ether oxygens (including phenoxy) is 3. The van der Waals surface area contributed by atoms with Crippen LogP contribution < -0.4 is 15.2 Å². The standard InChI is InChI=1S/C30H40N2O6.C2HF3O2/c1-6-30(2,3)27(33)28(34)32-17-8-7-12-23(32)29(35)38-24(21-10-9-11-22(31)19-21)15-13-20-14-16-25(36-4)26(18-20)37-5;3-2(4,5)1(6)7/h9-11,14,16,18-19,23-24H,6-8,12-13,15,17,31H2,1-5H3;(H,6,7). The van der Waals surface area contributed by atoms with E-state index in [9.17, 15) is 27.6 Å². The first-order valence-corrected chi connectivity index (χ1v) is 14.5. The van der Waals surface area contributed by atoms with Crippen LogP contribution in [0.1, 0.15) is 70.1 Å². The molecular formula is C32H41F3N2O8. The number of anilines is 1. The number of methoxy groups -OCH3 is 2. The molecule has 1 saturated heterocycles. The van der Waals surface area contributed by atoms with Crippen LogP contribution in [-0.2, 0) is 30.3 Å². The van der Waals surface area contributed by atoms with Gasteiger partial charge in [0.05, 0.1) is 14.2 Å². The third-order valence-corrected chi connectivity index (χ3v) is 7.66. The van der Waals surface area contributed by atoms with Gasteiger partial charge in [-0.05, 0) is 73.9 Å². The Labute approximate surface area is 260 Å². The normalized spacial score (nSPS) is 15.6. The zero-order chi connectivity index (χ0) is 33.9. The first-order valence-electron chi connectivity index (χ1n) is 14.5. The van der Waals surface area contributed by atoms with Crippen LogP contribution in [0, 0.1) is 5.41 Å². The molecule has 248 valence electrons. The summed E-state index contributed by atoms with van der Waals surface area (Å²) in [7, 11) is 3.17. The average molecular weight is 639 g/mol. The van der Waals surface area contributed by atoms with Gasteiger partial charge < -0.3 is 30.0 Å². The summed E-state index contributed by atoms with van der Waals surface area (Å²) in [4.78, 5) is 49.9. The molecule has 1 amide bonds. The Morgan fingerprint density at radius 3 is 2.22 bits per heavy atom. The highest BCUT2D eigenvalue weighted by atomic mass is 19.4. The molecule has 2 aromatic carbocycles. The molecule has 3 rings (SSSR count). The Hall–Kier alpha value is -4.29. The van der Waals surface area contributed by atoms with E-state index in [2.05, 4.69) is 0 Å². The number of aryl methyl sites for hydroxylation is 1. The van der Waals surface area contributed by atoms with Gasteiger partial charge in [-0.3, -0.25) is 9.59 Å². The van der Waals surface area contributed by atoms with Gasteiger partial charge >= 0.3 is 18.1 Å². The Morgan fingerprint density at radius 2 is 1.67 bits per heavy atom. The predicted octanol–water partition coefficient (Wildman–Crippen LogP) is 5.52. The third-order valence-electron chi connectivity index (χ3n) is 7.66. The van der Waals surface area contributed by atoms with Crippen LogP contribution in [0.2, 0.25) is 0 Å². The quantitative estimate of drug-likeness (QED) is 0.185. The number of carbonyl (C=O) groups excluding carboxylic acids is 3. The number of carboxylic acids is 1. The molecule has 1 aliphatic rings.